The summed E-state index contributed by atoms with van der Waals surface area (Å²) >= 11 is 6.87. The number of rotatable bonds is 4. The molecule has 0 radical (unpaired) electrons. The zero-order chi connectivity index (χ0) is 15.5. The number of nitrogens with one attached hydrogen (secondary N) is 1. The molecular formula is C15H17Br2N3O. The van der Waals surface area contributed by atoms with Crippen LogP contribution in [-0.2, 0) is 6.54 Å². The zero-order valence-corrected chi connectivity index (χ0v) is 15.3. The first kappa shape index (κ1) is 16.4. The van der Waals surface area contributed by atoms with Gasteiger partial charge < -0.3 is 10.1 Å². The van der Waals surface area contributed by atoms with Crippen LogP contribution in [0, 0.1) is 0 Å². The molecule has 0 aliphatic carbocycles. The van der Waals surface area contributed by atoms with Gasteiger partial charge in [0.15, 0.2) is 0 Å². The molecule has 21 heavy (non-hydrogen) atoms. The molecule has 2 aromatic rings. The van der Waals surface area contributed by atoms with E-state index >= 15 is 0 Å². The van der Waals surface area contributed by atoms with E-state index in [0.29, 0.717) is 18.2 Å². The Morgan fingerprint density at radius 1 is 1.19 bits per heavy atom. The number of benzene rings is 1. The van der Waals surface area contributed by atoms with Gasteiger partial charge in [-0.15, -0.1) is 0 Å². The third-order valence-electron chi connectivity index (χ3n) is 2.57. The van der Waals surface area contributed by atoms with E-state index < -0.39 is 0 Å². The lowest BCUT2D eigenvalue weighted by atomic mass is 10.1. The van der Waals surface area contributed by atoms with Crippen molar-refractivity contribution in [2.75, 3.05) is 0 Å². The van der Waals surface area contributed by atoms with Crippen LogP contribution in [-0.4, -0.2) is 15.5 Å². The van der Waals surface area contributed by atoms with Crippen molar-refractivity contribution in [2.24, 2.45) is 0 Å². The van der Waals surface area contributed by atoms with E-state index in [1.54, 1.807) is 12.4 Å². The highest BCUT2D eigenvalue weighted by atomic mass is 79.9. The highest BCUT2D eigenvalue weighted by Gasteiger charge is 2.10. The van der Waals surface area contributed by atoms with Gasteiger partial charge in [-0.25, -0.2) is 4.98 Å². The molecule has 1 N–H and O–H groups in total. The van der Waals surface area contributed by atoms with Gasteiger partial charge in [-0.3, -0.25) is 4.98 Å². The molecule has 6 heteroatoms. The Hall–Kier alpha value is -0.980. The van der Waals surface area contributed by atoms with E-state index in [2.05, 4.69) is 67.9 Å². The van der Waals surface area contributed by atoms with E-state index in [1.165, 1.54) is 0 Å². The Labute approximate surface area is 141 Å². The average molecular weight is 415 g/mol. The summed E-state index contributed by atoms with van der Waals surface area (Å²) in [5.41, 5.74) is 0.878. The predicted molar refractivity (Wildman–Crippen MR) is 90.5 cm³/mol. The van der Waals surface area contributed by atoms with Crippen molar-refractivity contribution in [3.05, 3.63) is 45.2 Å². The number of nitrogens with zero attached hydrogens (tertiary/aromatic N) is 2. The van der Waals surface area contributed by atoms with E-state index in [1.807, 2.05) is 18.2 Å². The molecule has 0 atom stereocenters. The third-order valence-corrected chi connectivity index (χ3v) is 3.68. The molecule has 4 nitrogen and oxygen atoms in total. The van der Waals surface area contributed by atoms with E-state index in [4.69, 9.17) is 4.74 Å². The van der Waals surface area contributed by atoms with Gasteiger partial charge >= 0.3 is 0 Å². The Bertz CT molecular complexity index is 627. The maximum atomic E-state index is 5.77. The topological polar surface area (TPSA) is 47.0 Å². The summed E-state index contributed by atoms with van der Waals surface area (Å²) in [7, 11) is 0. The van der Waals surface area contributed by atoms with Gasteiger partial charge in [0, 0.05) is 22.8 Å². The lowest BCUT2D eigenvalue weighted by Crippen LogP contribution is -2.35. The molecule has 2 rings (SSSR count). The van der Waals surface area contributed by atoms with Gasteiger partial charge in [0.1, 0.15) is 5.75 Å². The van der Waals surface area contributed by atoms with Crippen LogP contribution >= 0.6 is 31.9 Å². The highest BCUT2D eigenvalue weighted by molar-refractivity contribution is 9.11. The van der Waals surface area contributed by atoms with Crippen LogP contribution < -0.4 is 10.1 Å². The van der Waals surface area contributed by atoms with Crippen molar-refractivity contribution < 1.29 is 4.74 Å². The van der Waals surface area contributed by atoms with E-state index in [-0.39, 0.29) is 5.54 Å². The van der Waals surface area contributed by atoms with Gasteiger partial charge in [-0.05, 0) is 54.9 Å². The summed E-state index contributed by atoms with van der Waals surface area (Å²) < 4.78 is 7.61. The molecule has 0 aliphatic rings. The minimum atomic E-state index is 0.0350. The molecule has 1 heterocycles. The van der Waals surface area contributed by atoms with Crippen LogP contribution in [0.4, 0.5) is 0 Å². The first-order valence-corrected chi connectivity index (χ1v) is 8.11. The fraction of sp³-hybridized carbons (Fsp3) is 0.333. The smallest absolute Gasteiger partial charge is 0.238 e. The van der Waals surface area contributed by atoms with Crippen molar-refractivity contribution in [3.63, 3.8) is 0 Å². The SMILES string of the molecule is CC(C)(C)NCc1cncc(Oc2ccc(Br)cc2Br)n1. The molecule has 0 aliphatic heterocycles. The highest BCUT2D eigenvalue weighted by Crippen LogP contribution is 2.31. The Kier molecular flexibility index (Phi) is 5.35. The summed E-state index contributed by atoms with van der Waals surface area (Å²) in [6, 6.07) is 5.71. The fourth-order valence-electron chi connectivity index (χ4n) is 1.55. The lowest BCUT2D eigenvalue weighted by molar-refractivity contribution is 0.414. The Balaban J connectivity index is 2.10. The lowest BCUT2D eigenvalue weighted by Gasteiger charge is -2.20. The number of aromatic nitrogens is 2. The van der Waals surface area contributed by atoms with Crippen LogP contribution in [0.15, 0.2) is 39.5 Å². The van der Waals surface area contributed by atoms with Gasteiger partial charge in [0.25, 0.3) is 0 Å². The summed E-state index contributed by atoms with van der Waals surface area (Å²) in [4.78, 5) is 8.63. The number of hydrogen-bond donors (Lipinski definition) is 1. The molecule has 0 saturated heterocycles. The quantitative estimate of drug-likeness (QED) is 0.788. The molecular weight excluding hydrogens is 398 g/mol. The molecule has 112 valence electrons. The summed E-state index contributed by atoms with van der Waals surface area (Å²) in [5.74, 6) is 1.18. The van der Waals surface area contributed by atoms with Gasteiger partial charge in [0.2, 0.25) is 5.88 Å². The van der Waals surface area contributed by atoms with Crippen LogP contribution in [0.2, 0.25) is 0 Å². The second kappa shape index (κ2) is 6.85. The van der Waals surface area contributed by atoms with Gasteiger partial charge in [-0.1, -0.05) is 15.9 Å². The van der Waals surface area contributed by atoms with Gasteiger partial charge in [0.05, 0.1) is 16.4 Å². The molecule has 0 saturated carbocycles. The first-order valence-electron chi connectivity index (χ1n) is 6.52. The standard InChI is InChI=1S/C15H17Br2N3O/c1-15(2,3)19-8-11-7-18-9-14(20-11)21-13-5-4-10(16)6-12(13)17/h4-7,9,19H,8H2,1-3H3. The second-order valence-electron chi connectivity index (χ2n) is 5.63. The van der Waals surface area contributed by atoms with Crippen molar-refractivity contribution in [3.8, 4) is 11.6 Å². The minimum absolute atomic E-state index is 0.0350. The van der Waals surface area contributed by atoms with Gasteiger partial charge in [-0.2, -0.15) is 0 Å². The molecule has 0 amide bonds. The molecule has 0 bridgehead atoms. The second-order valence-corrected chi connectivity index (χ2v) is 7.40. The van der Waals surface area contributed by atoms with Crippen molar-refractivity contribution in [2.45, 2.75) is 32.9 Å². The molecule has 1 aromatic heterocycles. The monoisotopic (exact) mass is 413 g/mol. The molecule has 0 fully saturated rings. The zero-order valence-electron chi connectivity index (χ0n) is 12.2. The van der Waals surface area contributed by atoms with E-state index in [0.717, 1.165) is 14.6 Å². The third kappa shape index (κ3) is 5.37. The number of ether oxygens (including phenoxy) is 1. The molecule has 0 spiro atoms. The molecule has 1 aromatic carbocycles. The van der Waals surface area contributed by atoms with Crippen LogP contribution in [0.25, 0.3) is 0 Å². The van der Waals surface area contributed by atoms with Crippen molar-refractivity contribution >= 4 is 31.9 Å². The fourth-order valence-corrected chi connectivity index (χ4v) is 2.68. The molecule has 0 unspecified atom stereocenters. The number of halogens is 2. The average Bonchev–Trinajstić information content (AvgIpc) is 2.39. The minimum Gasteiger partial charge on any atom is -0.436 e. The van der Waals surface area contributed by atoms with Crippen molar-refractivity contribution in [1.82, 2.24) is 15.3 Å². The van der Waals surface area contributed by atoms with E-state index in [9.17, 15) is 0 Å². The maximum absolute atomic E-state index is 5.77. The Morgan fingerprint density at radius 2 is 1.95 bits per heavy atom. The predicted octanol–water partition coefficient (Wildman–Crippen LogP) is 4.68. The van der Waals surface area contributed by atoms with Crippen molar-refractivity contribution in [1.29, 1.82) is 0 Å². The van der Waals surface area contributed by atoms with Crippen LogP contribution in [0.5, 0.6) is 11.6 Å². The Morgan fingerprint density at radius 3 is 2.62 bits per heavy atom. The van der Waals surface area contributed by atoms with Crippen LogP contribution in [0.3, 0.4) is 0 Å². The number of hydrogen-bond acceptors (Lipinski definition) is 4. The van der Waals surface area contributed by atoms with Crippen LogP contribution in [0.1, 0.15) is 26.5 Å². The summed E-state index contributed by atoms with van der Waals surface area (Å²) in [6.07, 6.45) is 3.34. The normalized spacial score (nSPS) is 11.5. The summed E-state index contributed by atoms with van der Waals surface area (Å²) in [5, 5.41) is 3.37. The largest absolute Gasteiger partial charge is 0.436 e. The summed E-state index contributed by atoms with van der Waals surface area (Å²) in [6.45, 7) is 6.98. The maximum Gasteiger partial charge on any atom is 0.238 e. The first-order chi connectivity index (χ1) is 9.83.